The highest BCUT2D eigenvalue weighted by molar-refractivity contribution is 6.05. The molecular formula is C12H13NO5. The number of carbonyl (C=O) groups is 3. The summed E-state index contributed by atoms with van der Waals surface area (Å²) in [5.41, 5.74) is 0.263. The Morgan fingerprint density at radius 1 is 1.28 bits per heavy atom. The topological polar surface area (TPSA) is 82.6 Å². The summed E-state index contributed by atoms with van der Waals surface area (Å²) < 4.78 is 9.38. The average molecular weight is 251 g/mol. The van der Waals surface area contributed by atoms with Crippen LogP contribution in [0.5, 0.6) is 5.88 Å². The Labute approximate surface area is 104 Å². The van der Waals surface area contributed by atoms with Crippen LogP contribution in [0.3, 0.4) is 0 Å². The summed E-state index contributed by atoms with van der Waals surface area (Å²) in [7, 11) is 0. The first-order valence-corrected chi connectivity index (χ1v) is 5.36. The van der Waals surface area contributed by atoms with Gasteiger partial charge in [0.25, 0.3) is 0 Å². The second-order valence-electron chi connectivity index (χ2n) is 3.38. The van der Waals surface area contributed by atoms with E-state index in [1.54, 1.807) is 6.92 Å². The van der Waals surface area contributed by atoms with Crippen molar-refractivity contribution < 1.29 is 23.9 Å². The number of nitrogens with zero attached hydrogens (tertiary/aromatic N) is 1. The van der Waals surface area contributed by atoms with E-state index >= 15 is 0 Å². The molecule has 6 heteroatoms. The lowest BCUT2D eigenvalue weighted by atomic mass is 10.1. The van der Waals surface area contributed by atoms with E-state index < -0.39 is 17.7 Å². The van der Waals surface area contributed by atoms with Crippen LogP contribution in [0.15, 0.2) is 18.3 Å². The molecule has 1 heterocycles. The number of ketones is 1. The van der Waals surface area contributed by atoms with Crippen LogP contribution in [0, 0.1) is 0 Å². The van der Waals surface area contributed by atoms with Crippen molar-refractivity contribution in [3.8, 4) is 5.88 Å². The smallest absolute Gasteiger partial charge is 0.313 e. The Morgan fingerprint density at radius 3 is 2.50 bits per heavy atom. The van der Waals surface area contributed by atoms with Crippen molar-refractivity contribution in [2.45, 2.75) is 20.3 Å². The highest BCUT2D eigenvalue weighted by Gasteiger charge is 2.13. The number of carbonyl (C=O) groups excluding carboxylic acids is 3. The van der Waals surface area contributed by atoms with E-state index in [1.165, 1.54) is 25.3 Å². The third-order valence-electron chi connectivity index (χ3n) is 1.92. The molecule has 0 saturated carbocycles. The number of Topliss-reactive ketones (excluding diaryl/α,β-unsaturated/α-hetero) is 1. The van der Waals surface area contributed by atoms with Crippen LogP contribution in [0.2, 0.25) is 0 Å². The van der Waals surface area contributed by atoms with Crippen LogP contribution >= 0.6 is 0 Å². The van der Waals surface area contributed by atoms with Crippen LogP contribution in [0.25, 0.3) is 0 Å². The molecule has 0 saturated heterocycles. The summed E-state index contributed by atoms with van der Waals surface area (Å²) in [4.78, 5) is 37.2. The van der Waals surface area contributed by atoms with Crippen molar-refractivity contribution in [1.82, 2.24) is 4.98 Å². The van der Waals surface area contributed by atoms with E-state index in [2.05, 4.69) is 9.72 Å². The maximum atomic E-state index is 11.6. The van der Waals surface area contributed by atoms with E-state index in [1.807, 2.05) is 0 Å². The zero-order valence-electron chi connectivity index (χ0n) is 10.1. The van der Waals surface area contributed by atoms with Crippen LogP contribution in [-0.2, 0) is 14.3 Å². The molecule has 0 fully saturated rings. The Bertz CT molecular complexity index is 452. The summed E-state index contributed by atoms with van der Waals surface area (Å²) in [6.45, 7) is 3.15. The fraction of sp³-hybridized carbons (Fsp3) is 0.333. The van der Waals surface area contributed by atoms with Crippen molar-refractivity contribution in [3.63, 3.8) is 0 Å². The minimum absolute atomic E-state index is 0.107. The summed E-state index contributed by atoms with van der Waals surface area (Å²) in [6.07, 6.45) is 0.919. The van der Waals surface area contributed by atoms with Crippen molar-refractivity contribution in [1.29, 1.82) is 0 Å². The minimum Gasteiger partial charge on any atom is -0.466 e. The Morgan fingerprint density at radius 2 is 2.00 bits per heavy atom. The summed E-state index contributed by atoms with van der Waals surface area (Å²) in [6, 6.07) is 2.83. The second-order valence-corrected chi connectivity index (χ2v) is 3.38. The van der Waals surface area contributed by atoms with Gasteiger partial charge < -0.3 is 9.47 Å². The Balaban J connectivity index is 2.64. The van der Waals surface area contributed by atoms with E-state index in [4.69, 9.17) is 4.74 Å². The molecule has 0 N–H and O–H groups in total. The van der Waals surface area contributed by atoms with Gasteiger partial charge in [-0.15, -0.1) is 0 Å². The van der Waals surface area contributed by atoms with Gasteiger partial charge >= 0.3 is 11.9 Å². The number of hydrogen-bond acceptors (Lipinski definition) is 6. The van der Waals surface area contributed by atoms with E-state index in [0.29, 0.717) is 0 Å². The summed E-state index contributed by atoms with van der Waals surface area (Å²) in [5, 5.41) is 0. The largest absolute Gasteiger partial charge is 0.466 e. The van der Waals surface area contributed by atoms with E-state index in [-0.39, 0.29) is 24.5 Å². The first-order chi connectivity index (χ1) is 8.52. The van der Waals surface area contributed by atoms with Crippen molar-refractivity contribution >= 4 is 17.7 Å². The van der Waals surface area contributed by atoms with Gasteiger partial charge in [0.15, 0.2) is 5.78 Å². The quantitative estimate of drug-likeness (QED) is 0.443. The van der Waals surface area contributed by atoms with Gasteiger partial charge in [-0.1, -0.05) is 0 Å². The van der Waals surface area contributed by atoms with Gasteiger partial charge in [-0.3, -0.25) is 14.4 Å². The molecule has 0 bridgehead atoms. The van der Waals surface area contributed by atoms with Gasteiger partial charge in [-0.2, -0.15) is 0 Å². The molecule has 0 amide bonds. The average Bonchev–Trinajstić information content (AvgIpc) is 2.29. The summed E-state index contributed by atoms with van der Waals surface area (Å²) in [5.74, 6) is -1.36. The predicted octanol–water partition coefficient (Wildman–Crippen LogP) is 1.14. The maximum Gasteiger partial charge on any atom is 0.313 e. The van der Waals surface area contributed by atoms with Crippen molar-refractivity contribution in [2.24, 2.45) is 0 Å². The number of aromatic nitrogens is 1. The molecule has 18 heavy (non-hydrogen) atoms. The second kappa shape index (κ2) is 6.48. The molecule has 0 aliphatic heterocycles. The maximum absolute atomic E-state index is 11.6. The molecule has 0 unspecified atom stereocenters. The standard InChI is InChI=1S/C12H13NO5/c1-3-17-12(16)6-10(15)9-4-5-11(13-7-9)18-8(2)14/h4-5,7H,3,6H2,1-2H3. The fourth-order valence-electron chi connectivity index (χ4n) is 1.20. The first kappa shape index (κ1) is 13.8. The molecule has 0 aliphatic carbocycles. The van der Waals surface area contributed by atoms with Gasteiger partial charge in [-0.05, 0) is 13.0 Å². The molecular weight excluding hydrogens is 238 g/mol. The van der Waals surface area contributed by atoms with Gasteiger partial charge in [0.2, 0.25) is 5.88 Å². The first-order valence-electron chi connectivity index (χ1n) is 5.36. The van der Waals surface area contributed by atoms with Gasteiger partial charge in [0.1, 0.15) is 6.42 Å². The lowest BCUT2D eigenvalue weighted by Gasteiger charge is -2.03. The Kier molecular flexibility index (Phi) is 4.98. The number of ether oxygens (including phenoxy) is 2. The number of pyridine rings is 1. The summed E-state index contributed by atoms with van der Waals surface area (Å²) >= 11 is 0. The van der Waals surface area contributed by atoms with Crippen LogP contribution < -0.4 is 4.74 Å². The van der Waals surface area contributed by atoms with Crippen molar-refractivity contribution in [2.75, 3.05) is 6.61 Å². The predicted molar refractivity (Wildman–Crippen MR) is 61.1 cm³/mol. The number of hydrogen-bond donors (Lipinski definition) is 0. The fourth-order valence-corrected chi connectivity index (χ4v) is 1.20. The SMILES string of the molecule is CCOC(=O)CC(=O)c1ccc(OC(C)=O)nc1. The number of rotatable bonds is 5. The Hall–Kier alpha value is -2.24. The molecule has 1 aromatic rings. The zero-order chi connectivity index (χ0) is 13.5. The third-order valence-corrected chi connectivity index (χ3v) is 1.92. The lowest BCUT2D eigenvalue weighted by molar-refractivity contribution is -0.142. The van der Waals surface area contributed by atoms with E-state index in [9.17, 15) is 14.4 Å². The molecule has 0 aliphatic rings. The van der Waals surface area contributed by atoms with E-state index in [0.717, 1.165) is 0 Å². The molecule has 6 nitrogen and oxygen atoms in total. The zero-order valence-corrected chi connectivity index (χ0v) is 10.1. The van der Waals surface area contributed by atoms with Crippen LogP contribution in [0.1, 0.15) is 30.6 Å². The van der Waals surface area contributed by atoms with Gasteiger partial charge in [0.05, 0.1) is 6.61 Å². The van der Waals surface area contributed by atoms with Crippen LogP contribution in [0.4, 0.5) is 0 Å². The molecule has 0 aromatic carbocycles. The monoisotopic (exact) mass is 251 g/mol. The molecule has 0 radical (unpaired) electrons. The number of esters is 2. The molecule has 1 aromatic heterocycles. The lowest BCUT2D eigenvalue weighted by Crippen LogP contribution is -2.11. The third kappa shape index (κ3) is 4.32. The molecule has 0 spiro atoms. The molecule has 0 atom stereocenters. The van der Waals surface area contributed by atoms with Crippen molar-refractivity contribution in [3.05, 3.63) is 23.9 Å². The minimum atomic E-state index is -0.577. The normalized spacial score (nSPS) is 9.67. The van der Waals surface area contributed by atoms with Gasteiger partial charge in [-0.25, -0.2) is 4.98 Å². The highest BCUT2D eigenvalue weighted by Crippen LogP contribution is 2.10. The molecule has 96 valence electrons. The highest BCUT2D eigenvalue weighted by atomic mass is 16.5. The van der Waals surface area contributed by atoms with Gasteiger partial charge in [0, 0.05) is 24.8 Å². The molecule has 1 rings (SSSR count). The van der Waals surface area contributed by atoms with Crippen LogP contribution in [-0.4, -0.2) is 29.3 Å².